The van der Waals surface area contributed by atoms with E-state index in [0.29, 0.717) is 17.7 Å². The highest BCUT2D eigenvalue weighted by Gasteiger charge is 2.35. The van der Waals surface area contributed by atoms with Crippen LogP contribution >= 0.6 is 0 Å². The Balaban J connectivity index is 1.69. The van der Waals surface area contributed by atoms with Crippen molar-refractivity contribution in [2.24, 2.45) is 0 Å². The van der Waals surface area contributed by atoms with Gasteiger partial charge in [0.2, 0.25) is 11.8 Å². The first-order valence-corrected chi connectivity index (χ1v) is 12.5. The number of anilines is 1. The van der Waals surface area contributed by atoms with Crippen molar-refractivity contribution in [1.82, 2.24) is 15.6 Å². The van der Waals surface area contributed by atoms with Crippen LogP contribution in [0, 0.1) is 0 Å². The minimum atomic E-state index is -0.921. The number of aromatic nitrogens is 1. The van der Waals surface area contributed by atoms with Gasteiger partial charge in [0.1, 0.15) is 6.04 Å². The predicted octanol–water partition coefficient (Wildman–Crippen LogP) is 4.19. The van der Waals surface area contributed by atoms with Crippen LogP contribution in [0.1, 0.15) is 66.8 Å². The fraction of sp³-hybridized carbons (Fsp3) is 0.357. The Labute approximate surface area is 211 Å². The van der Waals surface area contributed by atoms with Crippen LogP contribution in [0.4, 0.5) is 5.69 Å². The number of pyridine rings is 1. The van der Waals surface area contributed by atoms with E-state index in [1.165, 1.54) is 23.7 Å². The molecule has 188 valence electrons. The van der Waals surface area contributed by atoms with E-state index in [-0.39, 0.29) is 24.3 Å². The maximum atomic E-state index is 13.8. The molecule has 2 heterocycles. The maximum Gasteiger partial charge on any atom is 0.287 e. The van der Waals surface area contributed by atoms with E-state index in [1.807, 2.05) is 31.2 Å². The number of carbonyl (C=O) groups is 3. The van der Waals surface area contributed by atoms with Crippen LogP contribution in [0.3, 0.4) is 0 Å². The molecule has 1 aromatic carbocycles. The van der Waals surface area contributed by atoms with Crippen LogP contribution in [0.25, 0.3) is 0 Å². The quantitative estimate of drug-likeness (QED) is 0.470. The second-order valence-corrected chi connectivity index (χ2v) is 8.93. The molecular weight excluding hydrogens is 456 g/mol. The second kappa shape index (κ2) is 12.2. The molecule has 1 unspecified atom stereocenters. The molecule has 0 radical (unpaired) electrons. The lowest BCUT2D eigenvalue weighted by Crippen LogP contribution is -2.50. The number of aryl methyl sites for hydroxylation is 1. The summed E-state index contributed by atoms with van der Waals surface area (Å²) >= 11 is 0. The van der Waals surface area contributed by atoms with Gasteiger partial charge in [-0.25, -0.2) is 0 Å². The van der Waals surface area contributed by atoms with E-state index in [0.717, 1.165) is 31.2 Å². The first-order valence-electron chi connectivity index (χ1n) is 12.5. The molecule has 3 aromatic rings. The van der Waals surface area contributed by atoms with Gasteiger partial charge in [0.05, 0.1) is 12.8 Å². The first-order chi connectivity index (χ1) is 17.6. The lowest BCUT2D eigenvalue weighted by atomic mass is 9.94. The predicted molar refractivity (Wildman–Crippen MR) is 136 cm³/mol. The van der Waals surface area contributed by atoms with Crippen LogP contribution in [0.15, 0.2) is 71.6 Å². The van der Waals surface area contributed by atoms with Gasteiger partial charge in [-0.3, -0.25) is 24.3 Å². The molecule has 0 spiro atoms. The molecule has 0 bridgehead atoms. The number of nitrogens with one attached hydrogen (secondary N) is 2. The second-order valence-electron chi connectivity index (χ2n) is 8.93. The van der Waals surface area contributed by atoms with E-state index in [9.17, 15) is 14.4 Å². The van der Waals surface area contributed by atoms with Crippen molar-refractivity contribution in [3.05, 3.63) is 84.1 Å². The van der Waals surface area contributed by atoms with Gasteiger partial charge in [0.25, 0.3) is 5.91 Å². The number of nitrogens with zero attached hydrogens (tertiary/aromatic N) is 2. The summed E-state index contributed by atoms with van der Waals surface area (Å²) in [5.41, 5.74) is 2.21. The lowest BCUT2D eigenvalue weighted by Gasteiger charge is -2.34. The molecule has 0 aliphatic heterocycles. The molecule has 1 fully saturated rings. The highest BCUT2D eigenvalue weighted by molar-refractivity contribution is 6.04. The number of amides is 3. The largest absolute Gasteiger partial charge is 0.459 e. The maximum absolute atomic E-state index is 13.8. The van der Waals surface area contributed by atoms with Gasteiger partial charge in [-0.05, 0) is 60.7 Å². The molecule has 1 atom stereocenters. The number of hydrogen-bond donors (Lipinski definition) is 2. The molecular formula is C28H32N4O4. The van der Waals surface area contributed by atoms with E-state index < -0.39 is 17.9 Å². The van der Waals surface area contributed by atoms with Crippen LogP contribution < -0.4 is 15.5 Å². The van der Waals surface area contributed by atoms with Gasteiger partial charge in [0.15, 0.2) is 5.76 Å². The highest BCUT2D eigenvalue weighted by Crippen LogP contribution is 2.31. The highest BCUT2D eigenvalue weighted by atomic mass is 16.3. The molecule has 8 heteroatoms. The Kier molecular flexibility index (Phi) is 8.49. The normalized spacial score (nSPS) is 14.6. The number of rotatable bonds is 9. The molecule has 1 saturated carbocycles. The number of benzene rings is 1. The number of carbonyl (C=O) groups excluding carboxylic acids is 3. The smallest absolute Gasteiger partial charge is 0.287 e. The Bertz CT molecular complexity index is 1160. The first kappa shape index (κ1) is 25.2. The third-order valence-corrected chi connectivity index (χ3v) is 6.53. The summed E-state index contributed by atoms with van der Waals surface area (Å²) in [6.45, 7) is 1.71. The minimum Gasteiger partial charge on any atom is -0.459 e. The number of para-hydroxylation sites is 1. The lowest BCUT2D eigenvalue weighted by molar-refractivity contribution is -0.127. The zero-order valence-corrected chi connectivity index (χ0v) is 20.5. The summed E-state index contributed by atoms with van der Waals surface area (Å²) in [7, 11) is 0. The molecule has 0 saturated heterocycles. The van der Waals surface area contributed by atoms with Gasteiger partial charge in [-0.15, -0.1) is 0 Å². The van der Waals surface area contributed by atoms with Crippen molar-refractivity contribution < 1.29 is 18.8 Å². The molecule has 3 amide bonds. The van der Waals surface area contributed by atoms with Crippen molar-refractivity contribution >= 4 is 23.4 Å². The average molecular weight is 489 g/mol. The molecule has 1 aliphatic carbocycles. The Morgan fingerprint density at radius 2 is 1.78 bits per heavy atom. The Morgan fingerprint density at radius 3 is 2.47 bits per heavy atom. The van der Waals surface area contributed by atoms with Gasteiger partial charge in [-0.1, -0.05) is 44.4 Å². The summed E-state index contributed by atoms with van der Waals surface area (Å²) in [6, 6.07) is 13.3. The van der Waals surface area contributed by atoms with Crippen LogP contribution in [-0.4, -0.2) is 35.3 Å². The summed E-state index contributed by atoms with van der Waals surface area (Å²) in [5.74, 6) is -1.03. The van der Waals surface area contributed by atoms with Crippen molar-refractivity contribution in [3.8, 4) is 0 Å². The number of hydrogen-bond acceptors (Lipinski definition) is 5. The standard InChI is InChI=1S/C28H32N4O4/c1-2-20-9-6-7-12-23(20)32(25(33)19-30-27(34)24-13-8-18-36-24)26(21-14-16-29-17-15-21)28(35)31-22-10-4-3-5-11-22/h6-9,12-18,22,26H,2-5,10-11,19H2,1H3,(H,30,34)(H,31,35). The summed E-state index contributed by atoms with van der Waals surface area (Å²) in [5, 5.41) is 5.82. The third kappa shape index (κ3) is 6.00. The Morgan fingerprint density at radius 1 is 1.03 bits per heavy atom. The summed E-state index contributed by atoms with van der Waals surface area (Å²) < 4.78 is 5.14. The van der Waals surface area contributed by atoms with Crippen LogP contribution in [0.2, 0.25) is 0 Å². The number of furan rings is 1. The van der Waals surface area contributed by atoms with E-state index in [1.54, 1.807) is 30.6 Å². The SMILES string of the molecule is CCc1ccccc1N(C(=O)CNC(=O)c1ccco1)C(C(=O)NC1CCCCC1)c1ccncc1. The summed E-state index contributed by atoms with van der Waals surface area (Å²) in [6.07, 6.45) is 10.5. The molecule has 36 heavy (non-hydrogen) atoms. The average Bonchev–Trinajstić information content (AvgIpc) is 3.46. The fourth-order valence-electron chi connectivity index (χ4n) is 4.69. The van der Waals surface area contributed by atoms with Crippen molar-refractivity contribution in [2.45, 2.75) is 57.5 Å². The molecule has 2 N–H and O–H groups in total. The zero-order valence-electron chi connectivity index (χ0n) is 20.5. The molecule has 8 nitrogen and oxygen atoms in total. The Hall–Kier alpha value is -3.94. The molecule has 2 aromatic heterocycles. The van der Waals surface area contributed by atoms with E-state index in [4.69, 9.17) is 4.42 Å². The van der Waals surface area contributed by atoms with Crippen molar-refractivity contribution in [3.63, 3.8) is 0 Å². The van der Waals surface area contributed by atoms with Gasteiger partial charge >= 0.3 is 0 Å². The zero-order chi connectivity index (χ0) is 25.3. The molecule has 1 aliphatic rings. The molecule has 4 rings (SSSR count). The van der Waals surface area contributed by atoms with Crippen LogP contribution in [0.5, 0.6) is 0 Å². The van der Waals surface area contributed by atoms with Crippen LogP contribution in [-0.2, 0) is 16.0 Å². The third-order valence-electron chi connectivity index (χ3n) is 6.53. The summed E-state index contributed by atoms with van der Waals surface area (Å²) in [4.78, 5) is 45.7. The van der Waals surface area contributed by atoms with E-state index >= 15 is 0 Å². The fourth-order valence-corrected chi connectivity index (χ4v) is 4.69. The van der Waals surface area contributed by atoms with Crippen molar-refractivity contribution in [2.75, 3.05) is 11.4 Å². The van der Waals surface area contributed by atoms with Gasteiger partial charge in [-0.2, -0.15) is 0 Å². The monoisotopic (exact) mass is 488 g/mol. The minimum absolute atomic E-state index is 0.0765. The van der Waals surface area contributed by atoms with Crippen molar-refractivity contribution in [1.29, 1.82) is 0 Å². The van der Waals surface area contributed by atoms with Gasteiger partial charge < -0.3 is 15.1 Å². The van der Waals surface area contributed by atoms with Gasteiger partial charge in [0, 0.05) is 24.1 Å². The topological polar surface area (TPSA) is 105 Å². The van der Waals surface area contributed by atoms with E-state index in [2.05, 4.69) is 15.6 Å².